The summed E-state index contributed by atoms with van der Waals surface area (Å²) in [6.07, 6.45) is -3.49. The van der Waals surface area contributed by atoms with Crippen LogP contribution < -0.4 is 0 Å². The molecular weight excluding hydrogens is 279 g/mol. The first-order valence-corrected chi connectivity index (χ1v) is 6.26. The molecule has 1 unspecified atom stereocenters. The number of rotatable bonds is 3. The topological polar surface area (TPSA) is 47.3 Å². The van der Waals surface area contributed by atoms with Gasteiger partial charge in [0.2, 0.25) is 0 Å². The molecule has 0 aliphatic carbocycles. The maximum atomic E-state index is 12.6. The predicted molar refractivity (Wildman–Crippen MR) is 64.0 cm³/mol. The average molecular weight is 289 g/mol. The molecule has 0 bridgehead atoms. The Kier molecular flexibility index (Phi) is 3.53. The number of fused-ring (bicyclic) bond motifs is 1. The van der Waals surface area contributed by atoms with Crippen molar-refractivity contribution in [3.63, 3.8) is 0 Å². The third kappa shape index (κ3) is 2.89. The number of aromatic nitrogens is 3. The number of Topliss-reactive ketones (excluding diaryl/α,β-unsaturated/α-hetero) is 1. The highest BCUT2D eigenvalue weighted by Crippen LogP contribution is 2.30. The number of pyridine rings is 1. The minimum atomic E-state index is -4.42. The largest absolute Gasteiger partial charge is 0.417 e. The van der Waals surface area contributed by atoms with Gasteiger partial charge in [0.25, 0.3) is 0 Å². The molecule has 1 atom stereocenters. The molecule has 0 fully saturated rings. The van der Waals surface area contributed by atoms with Gasteiger partial charge in [-0.2, -0.15) is 13.2 Å². The van der Waals surface area contributed by atoms with E-state index in [1.807, 2.05) is 0 Å². The summed E-state index contributed by atoms with van der Waals surface area (Å²) >= 11 is 1.08. The summed E-state index contributed by atoms with van der Waals surface area (Å²) < 4.78 is 39.1. The molecule has 2 aromatic heterocycles. The Bertz CT molecular complexity index is 623. The van der Waals surface area contributed by atoms with E-state index >= 15 is 0 Å². The molecule has 2 heterocycles. The second kappa shape index (κ2) is 4.84. The molecule has 0 radical (unpaired) electrons. The molecule has 19 heavy (non-hydrogen) atoms. The van der Waals surface area contributed by atoms with Gasteiger partial charge >= 0.3 is 6.18 Å². The Morgan fingerprint density at radius 2 is 2.05 bits per heavy atom. The van der Waals surface area contributed by atoms with E-state index < -0.39 is 11.7 Å². The Balaban J connectivity index is 2.43. The molecule has 0 saturated carbocycles. The molecule has 0 spiro atoms. The number of ketones is 1. The molecular formula is C11H10F3N3OS. The van der Waals surface area contributed by atoms with Crippen LogP contribution in [0.1, 0.15) is 19.4 Å². The highest BCUT2D eigenvalue weighted by atomic mass is 32.2. The number of nitrogens with zero attached hydrogens (tertiary/aromatic N) is 3. The van der Waals surface area contributed by atoms with E-state index in [0.717, 1.165) is 24.0 Å². The molecule has 2 rings (SSSR count). The van der Waals surface area contributed by atoms with E-state index in [4.69, 9.17) is 0 Å². The van der Waals surface area contributed by atoms with Crippen LogP contribution >= 0.6 is 11.8 Å². The predicted octanol–water partition coefficient (Wildman–Crippen LogP) is 2.82. The zero-order chi connectivity index (χ0) is 14.2. The first-order chi connectivity index (χ1) is 8.79. The maximum absolute atomic E-state index is 12.6. The molecule has 0 aliphatic rings. The molecule has 8 heteroatoms. The van der Waals surface area contributed by atoms with Gasteiger partial charge in [-0.15, -0.1) is 10.2 Å². The number of carbonyl (C=O) groups is 1. The van der Waals surface area contributed by atoms with Crippen molar-refractivity contribution in [2.24, 2.45) is 0 Å². The van der Waals surface area contributed by atoms with Crippen molar-refractivity contribution in [3.8, 4) is 0 Å². The fraction of sp³-hybridized carbons (Fsp3) is 0.364. The van der Waals surface area contributed by atoms with Gasteiger partial charge in [-0.25, -0.2) is 0 Å². The summed E-state index contributed by atoms with van der Waals surface area (Å²) in [6, 6.07) is 2.20. The van der Waals surface area contributed by atoms with E-state index in [-0.39, 0.29) is 16.2 Å². The Hall–Kier alpha value is -1.57. The lowest BCUT2D eigenvalue weighted by Gasteiger charge is -2.08. The second-order valence-electron chi connectivity index (χ2n) is 4.00. The lowest BCUT2D eigenvalue weighted by Crippen LogP contribution is -2.10. The van der Waals surface area contributed by atoms with E-state index in [0.29, 0.717) is 5.65 Å². The van der Waals surface area contributed by atoms with E-state index in [9.17, 15) is 18.0 Å². The summed E-state index contributed by atoms with van der Waals surface area (Å²) in [4.78, 5) is 11.2. The average Bonchev–Trinajstić information content (AvgIpc) is 2.70. The van der Waals surface area contributed by atoms with Crippen molar-refractivity contribution in [2.75, 3.05) is 0 Å². The Morgan fingerprint density at radius 3 is 2.63 bits per heavy atom. The number of halogens is 3. The van der Waals surface area contributed by atoms with Crippen LogP contribution in [0.2, 0.25) is 0 Å². The zero-order valence-corrected chi connectivity index (χ0v) is 10.9. The quantitative estimate of drug-likeness (QED) is 0.815. The first-order valence-electron chi connectivity index (χ1n) is 5.38. The minimum Gasteiger partial charge on any atom is -0.299 e. The van der Waals surface area contributed by atoms with Gasteiger partial charge in [0.05, 0.1) is 10.8 Å². The third-order valence-corrected chi connectivity index (χ3v) is 3.73. The highest BCUT2D eigenvalue weighted by Gasteiger charge is 2.31. The van der Waals surface area contributed by atoms with Gasteiger partial charge < -0.3 is 0 Å². The molecule has 2 aromatic rings. The molecule has 0 saturated heterocycles. The van der Waals surface area contributed by atoms with Crippen molar-refractivity contribution >= 4 is 23.2 Å². The lowest BCUT2D eigenvalue weighted by molar-refractivity contribution is -0.137. The van der Waals surface area contributed by atoms with Crippen LogP contribution in [0.15, 0.2) is 23.5 Å². The normalized spacial score (nSPS) is 13.7. The van der Waals surface area contributed by atoms with Crippen LogP contribution in [0, 0.1) is 0 Å². The van der Waals surface area contributed by atoms with Gasteiger partial charge in [-0.1, -0.05) is 11.8 Å². The highest BCUT2D eigenvalue weighted by molar-refractivity contribution is 8.00. The number of carbonyl (C=O) groups excluding carboxylic acids is 1. The van der Waals surface area contributed by atoms with Crippen LogP contribution in [0.4, 0.5) is 13.2 Å². The van der Waals surface area contributed by atoms with Crippen LogP contribution in [0.25, 0.3) is 5.65 Å². The molecule has 0 aromatic carbocycles. The van der Waals surface area contributed by atoms with Gasteiger partial charge in [-0.05, 0) is 26.0 Å². The summed E-state index contributed by atoms with van der Waals surface area (Å²) in [5.41, 5.74) is -0.469. The van der Waals surface area contributed by atoms with E-state index in [1.54, 1.807) is 6.92 Å². The fourth-order valence-electron chi connectivity index (χ4n) is 1.36. The van der Waals surface area contributed by atoms with Gasteiger partial charge in [0, 0.05) is 6.20 Å². The lowest BCUT2D eigenvalue weighted by atomic mass is 10.3. The monoisotopic (exact) mass is 289 g/mol. The molecule has 102 valence electrons. The molecule has 0 amide bonds. The number of hydrogen-bond donors (Lipinski definition) is 0. The SMILES string of the molecule is CC(=O)C(C)Sc1nnc2ccc(C(F)(F)F)cn12. The maximum Gasteiger partial charge on any atom is 0.417 e. The van der Waals surface area contributed by atoms with E-state index in [1.165, 1.54) is 17.4 Å². The number of alkyl halides is 3. The van der Waals surface area contributed by atoms with Crippen molar-refractivity contribution in [1.82, 2.24) is 14.6 Å². The fourth-order valence-corrected chi connectivity index (χ4v) is 2.19. The van der Waals surface area contributed by atoms with Crippen LogP contribution in [-0.4, -0.2) is 25.6 Å². The smallest absolute Gasteiger partial charge is 0.299 e. The van der Waals surface area contributed by atoms with Crippen LogP contribution in [0.5, 0.6) is 0 Å². The first kappa shape index (κ1) is 13.9. The summed E-state index contributed by atoms with van der Waals surface area (Å²) in [5.74, 6) is -0.0753. The number of thioether (sulfide) groups is 1. The van der Waals surface area contributed by atoms with Crippen LogP contribution in [0.3, 0.4) is 0 Å². The molecule has 0 aliphatic heterocycles. The van der Waals surface area contributed by atoms with Crippen LogP contribution in [-0.2, 0) is 11.0 Å². The van der Waals surface area contributed by atoms with Gasteiger partial charge in [-0.3, -0.25) is 9.20 Å². The van der Waals surface area contributed by atoms with E-state index in [2.05, 4.69) is 10.2 Å². The van der Waals surface area contributed by atoms with Crippen molar-refractivity contribution in [3.05, 3.63) is 23.9 Å². The summed E-state index contributed by atoms with van der Waals surface area (Å²) in [5, 5.41) is 7.45. The molecule has 4 nitrogen and oxygen atoms in total. The molecule has 0 N–H and O–H groups in total. The Morgan fingerprint density at radius 1 is 1.37 bits per heavy atom. The third-order valence-electron chi connectivity index (χ3n) is 2.55. The van der Waals surface area contributed by atoms with Gasteiger partial charge in [0.15, 0.2) is 10.8 Å². The van der Waals surface area contributed by atoms with Crippen molar-refractivity contribution < 1.29 is 18.0 Å². The van der Waals surface area contributed by atoms with Crippen molar-refractivity contribution in [1.29, 1.82) is 0 Å². The Labute approximate surface area is 111 Å². The van der Waals surface area contributed by atoms with Crippen molar-refractivity contribution in [2.45, 2.75) is 30.4 Å². The van der Waals surface area contributed by atoms with Gasteiger partial charge in [0.1, 0.15) is 5.78 Å². The standard InChI is InChI=1S/C11H10F3N3OS/c1-6(18)7(2)19-10-16-15-9-4-3-8(5-17(9)10)11(12,13)14/h3-5,7H,1-2H3. The zero-order valence-electron chi connectivity index (χ0n) is 10.1. The minimum absolute atomic E-state index is 0.0753. The summed E-state index contributed by atoms with van der Waals surface area (Å²) in [7, 11) is 0. The number of hydrogen-bond acceptors (Lipinski definition) is 4. The summed E-state index contributed by atoms with van der Waals surface area (Å²) in [6.45, 7) is 3.09. The second-order valence-corrected chi connectivity index (χ2v) is 5.30.